The zero-order valence-electron chi connectivity index (χ0n) is 12.2. The van der Waals surface area contributed by atoms with Crippen LogP contribution in [0.15, 0.2) is 41.6 Å². The predicted octanol–water partition coefficient (Wildman–Crippen LogP) is 2.26. The van der Waals surface area contributed by atoms with Crippen LogP contribution in [0.25, 0.3) is 0 Å². The second-order valence-corrected chi connectivity index (χ2v) is 4.57. The maximum atomic E-state index is 8.90. The highest BCUT2D eigenvalue weighted by atomic mass is 16.5. The van der Waals surface area contributed by atoms with E-state index in [2.05, 4.69) is 10.1 Å². The van der Waals surface area contributed by atoms with Gasteiger partial charge in [0.15, 0.2) is 5.84 Å². The van der Waals surface area contributed by atoms with Crippen LogP contribution in [0.4, 0.5) is 11.5 Å². The van der Waals surface area contributed by atoms with Crippen molar-refractivity contribution in [3.8, 4) is 5.75 Å². The number of nitrogens with zero attached hydrogens (tertiary/aromatic N) is 3. The van der Waals surface area contributed by atoms with E-state index in [-0.39, 0.29) is 5.84 Å². The van der Waals surface area contributed by atoms with Crippen LogP contribution in [0.1, 0.15) is 11.3 Å². The van der Waals surface area contributed by atoms with E-state index in [1.54, 1.807) is 13.2 Å². The summed E-state index contributed by atoms with van der Waals surface area (Å²) in [6, 6.07) is 11.2. The Kier molecular flexibility index (Phi) is 4.27. The van der Waals surface area contributed by atoms with Crippen LogP contribution in [0.3, 0.4) is 0 Å². The van der Waals surface area contributed by atoms with E-state index >= 15 is 0 Å². The van der Waals surface area contributed by atoms with Gasteiger partial charge in [0.2, 0.25) is 0 Å². The maximum Gasteiger partial charge on any atom is 0.173 e. The molecule has 0 aliphatic rings. The second-order valence-electron chi connectivity index (χ2n) is 4.57. The highest BCUT2D eigenvalue weighted by Crippen LogP contribution is 2.27. The van der Waals surface area contributed by atoms with Crippen LogP contribution >= 0.6 is 0 Å². The monoisotopic (exact) mass is 286 g/mol. The topological polar surface area (TPSA) is 84.0 Å². The molecule has 0 aliphatic carbocycles. The van der Waals surface area contributed by atoms with Crippen molar-refractivity contribution in [1.82, 2.24) is 4.98 Å². The first kappa shape index (κ1) is 14.6. The summed E-state index contributed by atoms with van der Waals surface area (Å²) in [5.41, 5.74) is 8.06. The molecule has 6 heteroatoms. The molecule has 0 unspecified atom stereocenters. The fourth-order valence-corrected chi connectivity index (χ4v) is 1.98. The average Bonchev–Trinajstić information content (AvgIpc) is 2.53. The normalized spacial score (nSPS) is 11.3. The fraction of sp³-hybridized carbons (Fsp3) is 0.200. The number of benzene rings is 1. The molecule has 0 amide bonds. The number of oxime groups is 1. The molecule has 0 saturated carbocycles. The van der Waals surface area contributed by atoms with E-state index in [4.69, 9.17) is 15.7 Å². The van der Waals surface area contributed by atoms with Crippen molar-refractivity contribution in [2.45, 2.75) is 6.92 Å². The molecule has 6 nitrogen and oxygen atoms in total. The number of aromatic nitrogens is 1. The molecule has 21 heavy (non-hydrogen) atoms. The summed E-state index contributed by atoms with van der Waals surface area (Å²) in [5.74, 6) is 1.43. The van der Waals surface area contributed by atoms with Crippen LogP contribution in [-0.2, 0) is 0 Å². The number of anilines is 2. The van der Waals surface area contributed by atoms with Gasteiger partial charge >= 0.3 is 0 Å². The lowest BCUT2D eigenvalue weighted by atomic mass is 10.2. The minimum absolute atomic E-state index is 0.0258. The molecule has 0 spiro atoms. The lowest BCUT2D eigenvalue weighted by Gasteiger charge is -2.21. The van der Waals surface area contributed by atoms with E-state index in [9.17, 15) is 0 Å². The van der Waals surface area contributed by atoms with Gasteiger partial charge in [-0.1, -0.05) is 5.16 Å². The Morgan fingerprint density at radius 2 is 1.90 bits per heavy atom. The summed E-state index contributed by atoms with van der Waals surface area (Å²) in [6.07, 6.45) is 0. The molecule has 0 saturated heterocycles. The second kappa shape index (κ2) is 6.13. The van der Waals surface area contributed by atoms with E-state index in [1.165, 1.54) is 0 Å². The molecular formula is C15H18N4O2. The number of methoxy groups -OCH3 is 1. The summed E-state index contributed by atoms with van der Waals surface area (Å²) in [5, 5.41) is 12.0. The molecule has 0 aliphatic heterocycles. The van der Waals surface area contributed by atoms with Crippen molar-refractivity contribution in [1.29, 1.82) is 0 Å². The van der Waals surface area contributed by atoms with Gasteiger partial charge in [-0.2, -0.15) is 0 Å². The first-order chi connectivity index (χ1) is 10.1. The lowest BCUT2D eigenvalue weighted by Crippen LogP contribution is -2.21. The SMILES string of the molecule is COc1ccc(N(C)c2nc(C)ccc2C(N)=NO)cc1. The fourth-order valence-electron chi connectivity index (χ4n) is 1.98. The summed E-state index contributed by atoms with van der Waals surface area (Å²) in [7, 11) is 3.50. The van der Waals surface area contributed by atoms with E-state index in [0.717, 1.165) is 17.1 Å². The Morgan fingerprint density at radius 1 is 1.24 bits per heavy atom. The first-order valence-corrected chi connectivity index (χ1v) is 6.40. The third kappa shape index (κ3) is 3.05. The third-order valence-electron chi connectivity index (χ3n) is 3.18. The number of pyridine rings is 1. The van der Waals surface area contributed by atoms with Crippen molar-refractivity contribution in [3.05, 3.63) is 47.7 Å². The molecule has 0 atom stereocenters. The number of hydrogen-bond acceptors (Lipinski definition) is 5. The Morgan fingerprint density at radius 3 is 2.48 bits per heavy atom. The van der Waals surface area contributed by atoms with Crippen LogP contribution in [0, 0.1) is 6.92 Å². The van der Waals surface area contributed by atoms with Crippen LogP contribution in [-0.4, -0.2) is 30.2 Å². The van der Waals surface area contributed by atoms with Gasteiger partial charge < -0.3 is 20.6 Å². The minimum Gasteiger partial charge on any atom is -0.497 e. The molecule has 0 bridgehead atoms. The van der Waals surface area contributed by atoms with Crippen LogP contribution in [0.5, 0.6) is 5.75 Å². The highest BCUT2D eigenvalue weighted by Gasteiger charge is 2.14. The average molecular weight is 286 g/mol. The Hall–Kier alpha value is -2.76. The smallest absolute Gasteiger partial charge is 0.173 e. The van der Waals surface area contributed by atoms with Crippen molar-refractivity contribution in [3.63, 3.8) is 0 Å². The highest BCUT2D eigenvalue weighted by molar-refractivity contribution is 6.02. The van der Waals surface area contributed by atoms with Gasteiger partial charge in [0, 0.05) is 18.4 Å². The van der Waals surface area contributed by atoms with Gasteiger partial charge in [-0.3, -0.25) is 0 Å². The van der Waals surface area contributed by atoms with Crippen LogP contribution < -0.4 is 15.4 Å². The van der Waals surface area contributed by atoms with E-state index in [1.807, 2.05) is 49.2 Å². The Balaban J connectivity index is 2.46. The minimum atomic E-state index is 0.0258. The first-order valence-electron chi connectivity index (χ1n) is 6.40. The number of ether oxygens (including phenoxy) is 1. The molecule has 1 aromatic carbocycles. The zero-order chi connectivity index (χ0) is 15.4. The third-order valence-corrected chi connectivity index (χ3v) is 3.18. The van der Waals surface area contributed by atoms with Gasteiger partial charge in [-0.15, -0.1) is 0 Å². The molecule has 1 heterocycles. The van der Waals surface area contributed by atoms with Crippen molar-refractivity contribution >= 4 is 17.3 Å². The molecule has 2 rings (SSSR count). The molecule has 2 aromatic rings. The quantitative estimate of drug-likeness (QED) is 0.390. The Labute approximate surface area is 123 Å². The number of rotatable bonds is 4. The van der Waals surface area contributed by atoms with Gasteiger partial charge in [0.1, 0.15) is 11.6 Å². The van der Waals surface area contributed by atoms with E-state index < -0.39 is 0 Å². The van der Waals surface area contributed by atoms with Gasteiger partial charge in [-0.05, 0) is 43.3 Å². The summed E-state index contributed by atoms with van der Waals surface area (Å²) < 4.78 is 5.15. The van der Waals surface area contributed by atoms with Crippen molar-refractivity contribution in [2.75, 3.05) is 19.1 Å². The maximum absolute atomic E-state index is 8.90. The van der Waals surface area contributed by atoms with Gasteiger partial charge in [0.25, 0.3) is 0 Å². The lowest BCUT2D eigenvalue weighted by molar-refractivity contribution is 0.318. The molecule has 3 N–H and O–H groups in total. The van der Waals surface area contributed by atoms with Crippen LogP contribution in [0.2, 0.25) is 0 Å². The Bertz CT molecular complexity index is 653. The zero-order valence-corrected chi connectivity index (χ0v) is 12.2. The number of aryl methyl sites for hydroxylation is 1. The summed E-state index contributed by atoms with van der Waals surface area (Å²) in [6.45, 7) is 1.89. The van der Waals surface area contributed by atoms with Crippen molar-refractivity contribution in [2.24, 2.45) is 10.9 Å². The summed E-state index contributed by atoms with van der Waals surface area (Å²) in [4.78, 5) is 6.36. The van der Waals surface area contributed by atoms with Gasteiger partial charge in [-0.25, -0.2) is 4.98 Å². The number of hydrogen-bond donors (Lipinski definition) is 2. The molecule has 0 fully saturated rings. The molecular weight excluding hydrogens is 268 g/mol. The molecule has 1 aromatic heterocycles. The summed E-state index contributed by atoms with van der Waals surface area (Å²) >= 11 is 0. The largest absolute Gasteiger partial charge is 0.497 e. The van der Waals surface area contributed by atoms with Gasteiger partial charge in [0.05, 0.1) is 12.7 Å². The molecule has 0 radical (unpaired) electrons. The van der Waals surface area contributed by atoms with Crippen molar-refractivity contribution < 1.29 is 9.94 Å². The van der Waals surface area contributed by atoms with E-state index in [0.29, 0.717) is 11.4 Å². The molecule has 110 valence electrons. The number of amidine groups is 1. The standard InChI is InChI=1S/C15H18N4O2/c1-10-4-9-13(14(16)18-20)15(17-10)19(2)11-5-7-12(21-3)8-6-11/h4-9,20H,1-3H3,(H2,16,18). The number of nitrogens with two attached hydrogens (primary N) is 1. The predicted molar refractivity (Wildman–Crippen MR) is 82.5 cm³/mol.